The molecular formula is C12H17NO2. The first kappa shape index (κ1) is 11.7. The van der Waals surface area contributed by atoms with Crippen molar-refractivity contribution in [3.8, 4) is 0 Å². The Labute approximate surface area is 90.4 Å². The van der Waals surface area contributed by atoms with Crippen molar-refractivity contribution in [1.82, 2.24) is 5.32 Å². The summed E-state index contributed by atoms with van der Waals surface area (Å²) in [6, 6.07) is 9.30. The highest BCUT2D eigenvalue weighted by molar-refractivity contribution is 5.36. The van der Waals surface area contributed by atoms with Gasteiger partial charge in [0.25, 0.3) is 6.47 Å². The number of methoxy groups -OCH3 is 1. The van der Waals surface area contributed by atoms with Crippen LogP contribution in [0.15, 0.2) is 24.3 Å². The molecule has 0 aliphatic carbocycles. The lowest BCUT2D eigenvalue weighted by Crippen LogP contribution is -2.32. The number of benzene rings is 1. The fourth-order valence-electron chi connectivity index (χ4n) is 1.62. The minimum absolute atomic E-state index is 0.375. The number of carbonyl (C=O) groups excluding carboxylic acids is 1. The van der Waals surface area contributed by atoms with E-state index >= 15 is 0 Å². The van der Waals surface area contributed by atoms with Gasteiger partial charge in [-0.05, 0) is 24.5 Å². The van der Waals surface area contributed by atoms with Gasteiger partial charge in [-0.25, -0.2) is 0 Å². The number of nitrogens with one attached hydrogen (secondary N) is 1. The van der Waals surface area contributed by atoms with Crippen LogP contribution in [0.25, 0.3) is 0 Å². The highest BCUT2D eigenvalue weighted by Gasteiger charge is 2.12. The third-order valence-electron chi connectivity index (χ3n) is 2.38. The van der Waals surface area contributed by atoms with Crippen LogP contribution in [-0.4, -0.2) is 19.6 Å². The molecule has 1 heterocycles. The molecule has 2 rings (SSSR count). The maximum Gasteiger partial charge on any atom is 0.292 e. The van der Waals surface area contributed by atoms with Crippen molar-refractivity contribution >= 4 is 6.47 Å². The topological polar surface area (TPSA) is 38.3 Å². The average Bonchev–Trinajstić information content (AvgIpc) is 2.29. The van der Waals surface area contributed by atoms with Gasteiger partial charge in [-0.15, -0.1) is 0 Å². The van der Waals surface area contributed by atoms with E-state index in [2.05, 4.69) is 41.2 Å². The molecule has 1 atom stereocenters. The molecule has 0 saturated heterocycles. The Bertz CT molecular complexity index is 312. The largest absolute Gasteiger partial charge is 0.471 e. The zero-order chi connectivity index (χ0) is 11.1. The van der Waals surface area contributed by atoms with E-state index in [1.807, 2.05) is 0 Å². The summed E-state index contributed by atoms with van der Waals surface area (Å²) in [4.78, 5) is 8.95. The number of fused-ring (bicyclic) bond motifs is 1. The molecule has 1 N–H and O–H groups in total. The summed E-state index contributed by atoms with van der Waals surface area (Å²) in [5.74, 6) is 0. The predicted octanol–water partition coefficient (Wildman–Crippen LogP) is 1.51. The number of hydrogen-bond acceptors (Lipinski definition) is 3. The summed E-state index contributed by atoms with van der Waals surface area (Å²) in [7, 11) is 1.31. The van der Waals surface area contributed by atoms with Crippen LogP contribution in [0.3, 0.4) is 0 Å². The van der Waals surface area contributed by atoms with E-state index in [-0.39, 0.29) is 0 Å². The molecule has 1 unspecified atom stereocenters. The van der Waals surface area contributed by atoms with Crippen LogP contribution in [0.2, 0.25) is 0 Å². The third kappa shape index (κ3) is 3.72. The van der Waals surface area contributed by atoms with Gasteiger partial charge in [0.2, 0.25) is 0 Å². The molecule has 0 bridgehead atoms. The minimum Gasteiger partial charge on any atom is -0.471 e. The van der Waals surface area contributed by atoms with Crippen LogP contribution in [0.1, 0.15) is 18.1 Å². The van der Waals surface area contributed by atoms with Crippen molar-refractivity contribution in [2.24, 2.45) is 0 Å². The summed E-state index contributed by atoms with van der Waals surface area (Å²) in [6.07, 6.45) is 1.18. The first-order valence-electron chi connectivity index (χ1n) is 5.04. The smallest absolute Gasteiger partial charge is 0.292 e. The van der Waals surface area contributed by atoms with E-state index in [1.54, 1.807) is 0 Å². The van der Waals surface area contributed by atoms with Gasteiger partial charge in [0.15, 0.2) is 0 Å². The second-order valence-corrected chi connectivity index (χ2v) is 3.59. The molecule has 3 nitrogen and oxygen atoms in total. The Hall–Kier alpha value is -1.35. The molecular weight excluding hydrogens is 190 g/mol. The predicted molar refractivity (Wildman–Crippen MR) is 59.5 cm³/mol. The van der Waals surface area contributed by atoms with Crippen molar-refractivity contribution < 1.29 is 9.53 Å². The van der Waals surface area contributed by atoms with Crippen LogP contribution in [-0.2, 0) is 22.5 Å². The van der Waals surface area contributed by atoms with Crippen molar-refractivity contribution in [1.29, 1.82) is 0 Å². The monoisotopic (exact) mass is 207 g/mol. The van der Waals surface area contributed by atoms with E-state index in [1.165, 1.54) is 24.7 Å². The molecule has 1 aliphatic rings. The summed E-state index contributed by atoms with van der Waals surface area (Å²) >= 11 is 0. The highest BCUT2D eigenvalue weighted by Crippen LogP contribution is 2.15. The average molecular weight is 207 g/mol. The van der Waals surface area contributed by atoms with E-state index in [4.69, 9.17) is 4.79 Å². The summed E-state index contributed by atoms with van der Waals surface area (Å²) in [6.45, 7) is 3.65. The third-order valence-corrected chi connectivity index (χ3v) is 2.38. The van der Waals surface area contributed by atoms with Gasteiger partial charge in [0, 0.05) is 12.6 Å². The van der Waals surface area contributed by atoms with Crippen LogP contribution in [0.5, 0.6) is 0 Å². The van der Waals surface area contributed by atoms with Gasteiger partial charge in [0.05, 0.1) is 7.11 Å². The molecule has 0 saturated carbocycles. The van der Waals surface area contributed by atoms with Crippen LogP contribution >= 0.6 is 0 Å². The number of rotatable bonds is 1. The highest BCUT2D eigenvalue weighted by atomic mass is 16.5. The molecule has 15 heavy (non-hydrogen) atoms. The summed E-state index contributed by atoms with van der Waals surface area (Å²) in [5, 5.41) is 3.44. The summed E-state index contributed by atoms with van der Waals surface area (Å²) < 4.78 is 3.86. The lowest BCUT2D eigenvalue weighted by molar-refractivity contribution is -0.126. The fraction of sp³-hybridized carbons (Fsp3) is 0.417. The van der Waals surface area contributed by atoms with Crippen molar-refractivity contribution in [2.75, 3.05) is 7.11 Å². The van der Waals surface area contributed by atoms with Gasteiger partial charge in [0.1, 0.15) is 0 Å². The van der Waals surface area contributed by atoms with Gasteiger partial charge in [-0.2, -0.15) is 0 Å². The molecule has 1 aromatic rings. The van der Waals surface area contributed by atoms with Crippen molar-refractivity contribution in [2.45, 2.75) is 25.9 Å². The second-order valence-electron chi connectivity index (χ2n) is 3.59. The zero-order valence-electron chi connectivity index (χ0n) is 9.19. The normalized spacial score (nSPS) is 18.1. The first-order chi connectivity index (χ1) is 7.27. The fourth-order valence-corrected chi connectivity index (χ4v) is 1.62. The van der Waals surface area contributed by atoms with Gasteiger partial charge in [-0.1, -0.05) is 24.3 Å². The molecule has 0 amide bonds. The summed E-state index contributed by atoms with van der Waals surface area (Å²) in [5.41, 5.74) is 2.98. The van der Waals surface area contributed by atoms with E-state index in [0.29, 0.717) is 12.5 Å². The van der Waals surface area contributed by atoms with E-state index in [0.717, 1.165) is 6.54 Å². The quantitative estimate of drug-likeness (QED) is 0.709. The SMILES string of the molecule is CC1Cc2ccccc2CN1.COC=O. The number of carbonyl (C=O) groups is 1. The zero-order valence-corrected chi connectivity index (χ0v) is 9.19. The molecule has 1 aliphatic heterocycles. The Morgan fingerprint density at radius 3 is 2.60 bits per heavy atom. The first-order valence-corrected chi connectivity index (χ1v) is 5.04. The van der Waals surface area contributed by atoms with Gasteiger partial charge < -0.3 is 10.1 Å². The Balaban J connectivity index is 0.000000245. The molecule has 0 aromatic heterocycles. The van der Waals surface area contributed by atoms with Crippen LogP contribution in [0, 0.1) is 0 Å². The maximum atomic E-state index is 8.95. The molecule has 82 valence electrons. The standard InChI is InChI=1S/C10H13N.C2H4O2/c1-8-6-9-4-2-3-5-10(9)7-11-8;1-4-2-3/h2-5,8,11H,6-7H2,1H3;2H,1H3. The van der Waals surface area contributed by atoms with E-state index < -0.39 is 0 Å². The van der Waals surface area contributed by atoms with Gasteiger partial charge in [-0.3, -0.25) is 4.79 Å². The lowest BCUT2D eigenvalue weighted by Gasteiger charge is -2.22. The molecule has 3 heteroatoms. The van der Waals surface area contributed by atoms with Crippen molar-refractivity contribution in [3.63, 3.8) is 0 Å². The number of ether oxygens (including phenoxy) is 1. The van der Waals surface area contributed by atoms with Crippen molar-refractivity contribution in [3.05, 3.63) is 35.4 Å². The Morgan fingerprint density at radius 1 is 1.40 bits per heavy atom. The molecule has 0 fully saturated rings. The van der Waals surface area contributed by atoms with Crippen LogP contribution < -0.4 is 5.32 Å². The Kier molecular flexibility index (Phi) is 4.84. The molecule has 1 aromatic carbocycles. The minimum atomic E-state index is 0.375. The van der Waals surface area contributed by atoms with E-state index in [9.17, 15) is 0 Å². The lowest BCUT2D eigenvalue weighted by atomic mass is 9.97. The Morgan fingerprint density at radius 2 is 2.00 bits per heavy atom. The second kappa shape index (κ2) is 6.19. The number of hydrogen-bond donors (Lipinski definition) is 1. The van der Waals surface area contributed by atoms with Gasteiger partial charge >= 0.3 is 0 Å². The molecule has 0 spiro atoms. The van der Waals surface area contributed by atoms with Crippen LogP contribution in [0.4, 0.5) is 0 Å². The maximum absolute atomic E-state index is 8.95. The molecule has 0 radical (unpaired) electrons.